The third kappa shape index (κ3) is 3.90. The number of fused-ring (bicyclic) bond motifs is 2. The van der Waals surface area contributed by atoms with E-state index in [-0.39, 0.29) is 24.1 Å². The predicted octanol–water partition coefficient (Wildman–Crippen LogP) is 4.59. The Morgan fingerprint density at radius 1 is 1.38 bits per heavy atom. The van der Waals surface area contributed by atoms with Crippen molar-refractivity contribution in [3.63, 3.8) is 0 Å². The van der Waals surface area contributed by atoms with Crippen LogP contribution in [0.5, 0.6) is 0 Å². The number of allylic oxidation sites excluding steroid dienone is 4. The first-order valence-corrected chi connectivity index (χ1v) is 8.90. The number of carbonyl (C=O) groups excluding carboxylic acids is 2. The second kappa shape index (κ2) is 7.48. The molecule has 0 aromatic rings. The molecule has 4 nitrogen and oxygen atoms in total. The topological polar surface area (TPSA) is 52.6 Å². The van der Waals surface area contributed by atoms with Crippen LogP contribution in [0, 0.1) is 5.92 Å². The van der Waals surface area contributed by atoms with Crippen molar-refractivity contribution in [3.05, 3.63) is 59.4 Å². The molecule has 2 aliphatic rings. The number of ether oxygens (including phenoxy) is 2. The molecule has 0 aliphatic carbocycles. The molecule has 2 bridgehead atoms. The van der Waals surface area contributed by atoms with E-state index in [4.69, 9.17) is 9.47 Å². The van der Waals surface area contributed by atoms with Crippen LogP contribution in [0.1, 0.15) is 47.5 Å². The van der Waals surface area contributed by atoms with E-state index in [0.717, 1.165) is 16.7 Å². The molecule has 26 heavy (non-hydrogen) atoms. The lowest BCUT2D eigenvalue weighted by atomic mass is 9.81. The second-order valence-corrected chi connectivity index (χ2v) is 7.36. The Labute approximate surface area is 155 Å². The quantitative estimate of drug-likeness (QED) is 0.420. The van der Waals surface area contributed by atoms with Crippen LogP contribution in [0.3, 0.4) is 0 Å². The van der Waals surface area contributed by atoms with E-state index in [1.807, 2.05) is 19.9 Å². The number of carbonyl (C=O) groups is 2. The maximum atomic E-state index is 12.6. The smallest absolute Gasteiger partial charge is 0.333 e. The maximum Gasteiger partial charge on any atom is 0.333 e. The van der Waals surface area contributed by atoms with E-state index < -0.39 is 11.7 Å². The molecule has 0 saturated carbocycles. The van der Waals surface area contributed by atoms with E-state index in [1.165, 1.54) is 6.08 Å². The van der Waals surface area contributed by atoms with Crippen LogP contribution >= 0.6 is 0 Å². The van der Waals surface area contributed by atoms with Crippen molar-refractivity contribution in [1.82, 2.24) is 0 Å². The van der Waals surface area contributed by atoms with Gasteiger partial charge in [0.1, 0.15) is 11.9 Å². The molecule has 4 heteroatoms. The van der Waals surface area contributed by atoms with Crippen LogP contribution in [0.25, 0.3) is 0 Å². The van der Waals surface area contributed by atoms with Crippen molar-refractivity contribution in [1.29, 1.82) is 0 Å². The first kappa shape index (κ1) is 20.0. The molecule has 0 radical (unpaired) electrons. The highest BCUT2D eigenvalue weighted by molar-refractivity contribution is 6.00. The molecule has 3 atom stereocenters. The summed E-state index contributed by atoms with van der Waals surface area (Å²) in [6.07, 6.45) is 5.63. The van der Waals surface area contributed by atoms with Gasteiger partial charge in [0.2, 0.25) is 5.78 Å². The molecule has 0 N–H and O–H groups in total. The molecule has 1 unspecified atom stereocenters. The number of rotatable bonds is 4. The minimum absolute atomic E-state index is 0.106. The Balaban J connectivity index is 2.47. The average Bonchev–Trinajstić information content (AvgIpc) is 2.89. The minimum Gasteiger partial charge on any atom is -0.479 e. The summed E-state index contributed by atoms with van der Waals surface area (Å²) in [7, 11) is 0. The van der Waals surface area contributed by atoms with Crippen LogP contribution in [-0.4, -0.2) is 23.5 Å². The Hall–Kier alpha value is -2.36. The number of esters is 1. The summed E-state index contributed by atoms with van der Waals surface area (Å²) in [6.45, 7) is 17.2. The van der Waals surface area contributed by atoms with E-state index >= 15 is 0 Å². The SMILES string of the molecule is C=C(C)C(=C)[C@H]1C/C=C(/C)C2=CC(=O)C(C)(C[C@@H]1OC(=O)/C(C)=C\C)O2. The van der Waals surface area contributed by atoms with Crippen LogP contribution < -0.4 is 0 Å². The van der Waals surface area contributed by atoms with Gasteiger partial charge in [-0.1, -0.05) is 30.9 Å². The molecule has 0 fully saturated rings. The van der Waals surface area contributed by atoms with Crippen molar-refractivity contribution in [2.45, 2.75) is 59.2 Å². The first-order chi connectivity index (χ1) is 12.1. The number of hydrogen-bond donors (Lipinski definition) is 0. The van der Waals surface area contributed by atoms with Crippen molar-refractivity contribution in [2.24, 2.45) is 5.92 Å². The Kier molecular flexibility index (Phi) is 5.74. The molecule has 2 aliphatic heterocycles. The van der Waals surface area contributed by atoms with Gasteiger partial charge in [0.05, 0.1) is 0 Å². The van der Waals surface area contributed by atoms with Gasteiger partial charge in [-0.3, -0.25) is 4.79 Å². The number of hydrogen-bond acceptors (Lipinski definition) is 4. The zero-order valence-corrected chi connectivity index (χ0v) is 16.3. The first-order valence-electron chi connectivity index (χ1n) is 8.90. The van der Waals surface area contributed by atoms with Gasteiger partial charge in [-0.25, -0.2) is 4.79 Å². The molecule has 0 aromatic carbocycles. The van der Waals surface area contributed by atoms with Gasteiger partial charge in [-0.15, -0.1) is 0 Å². The minimum atomic E-state index is -1.04. The van der Waals surface area contributed by atoms with Gasteiger partial charge in [-0.2, -0.15) is 0 Å². The summed E-state index contributed by atoms with van der Waals surface area (Å²) in [5.41, 5.74) is 2.05. The molecule has 2 heterocycles. The summed E-state index contributed by atoms with van der Waals surface area (Å²) in [4.78, 5) is 25.0. The fourth-order valence-corrected chi connectivity index (χ4v) is 3.17. The normalized spacial score (nSPS) is 30.8. The van der Waals surface area contributed by atoms with E-state index in [9.17, 15) is 9.59 Å². The zero-order chi connectivity index (χ0) is 19.6. The Morgan fingerprint density at radius 2 is 2.04 bits per heavy atom. The third-order valence-corrected chi connectivity index (χ3v) is 5.23. The monoisotopic (exact) mass is 356 g/mol. The third-order valence-electron chi connectivity index (χ3n) is 5.23. The van der Waals surface area contributed by atoms with E-state index in [2.05, 4.69) is 13.2 Å². The molecule has 0 spiro atoms. The maximum absolute atomic E-state index is 12.6. The standard InChI is InChI=1S/C22H28O4/c1-8-14(4)21(24)25-19-12-22(7)20(23)11-18(26-22)15(5)9-10-17(19)16(6)13(2)3/h8-9,11,17,19H,2,6,10,12H2,1,3-5,7H3/b14-8-,15-9-/t17-,19+,22?/m1/s1. The summed E-state index contributed by atoms with van der Waals surface area (Å²) in [5, 5.41) is 0. The Bertz CT molecular complexity index is 750. The fraction of sp³-hybridized carbons (Fsp3) is 0.455. The molecule has 0 amide bonds. The van der Waals surface area contributed by atoms with Gasteiger partial charge in [0.15, 0.2) is 5.60 Å². The Morgan fingerprint density at radius 3 is 2.62 bits per heavy atom. The summed E-state index contributed by atoms with van der Waals surface area (Å²) < 4.78 is 11.8. The van der Waals surface area contributed by atoms with Crippen molar-refractivity contribution in [2.75, 3.05) is 0 Å². The summed E-state index contributed by atoms with van der Waals surface area (Å²) in [5.74, 6) is -0.0668. The average molecular weight is 356 g/mol. The summed E-state index contributed by atoms with van der Waals surface area (Å²) >= 11 is 0. The lowest BCUT2D eigenvalue weighted by molar-refractivity contribution is -0.152. The lowest BCUT2D eigenvalue weighted by Gasteiger charge is -2.33. The van der Waals surface area contributed by atoms with Crippen molar-refractivity contribution >= 4 is 11.8 Å². The van der Waals surface area contributed by atoms with Gasteiger partial charge in [0, 0.05) is 24.0 Å². The largest absolute Gasteiger partial charge is 0.479 e. The highest BCUT2D eigenvalue weighted by Crippen LogP contribution is 2.40. The zero-order valence-electron chi connectivity index (χ0n) is 16.3. The van der Waals surface area contributed by atoms with Crippen molar-refractivity contribution in [3.8, 4) is 0 Å². The highest BCUT2D eigenvalue weighted by Gasteiger charge is 2.46. The highest BCUT2D eigenvalue weighted by atomic mass is 16.6. The van der Waals surface area contributed by atoms with Crippen LogP contribution in [0.2, 0.25) is 0 Å². The molecule has 0 saturated heterocycles. The molecule has 0 aromatic heterocycles. The van der Waals surface area contributed by atoms with E-state index in [1.54, 1.807) is 26.8 Å². The molecule has 140 valence electrons. The molecular weight excluding hydrogens is 328 g/mol. The van der Waals surface area contributed by atoms with Gasteiger partial charge in [-0.05, 0) is 52.2 Å². The predicted molar refractivity (Wildman–Crippen MR) is 102 cm³/mol. The van der Waals surface area contributed by atoms with Crippen LogP contribution in [-0.2, 0) is 19.1 Å². The molecular formula is C22H28O4. The van der Waals surface area contributed by atoms with Crippen LogP contribution in [0.15, 0.2) is 59.4 Å². The molecule has 2 rings (SSSR count). The lowest BCUT2D eigenvalue weighted by Crippen LogP contribution is -2.41. The number of ketones is 1. The fourth-order valence-electron chi connectivity index (χ4n) is 3.17. The van der Waals surface area contributed by atoms with Gasteiger partial charge < -0.3 is 9.47 Å². The van der Waals surface area contributed by atoms with Crippen LogP contribution in [0.4, 0.5) is 0 Å². The second-order valence-electron chi connectivity index (χ2n) is 7.36. The van der Waals surface area contributed by atoms with E-state index in [0.29, 0.717) is 17.8 Å². The van der Waals surface area contributed by atoms with Gasteiger partial charge in [0.25, 0.3) is 0 Å². The summed E-state index contributed by atoms with van der Waals surface area (Å²) in [6, 6.07) is 0. The van der Waals surface area contributed by atoms with Gasteiger partial charge >= 0.3 is 5.97 Å². The van der Waals surface area contributed by atoms with Crippen molar-refractivity contribution < 1.29 is 19.1 Å².